The maximum absolute atomic E-state index is 11.6. The highest BCUT2D eigenvalue weighted by Gasteiger charge is 2.18. The van der Waals surface area contributed by atoms with E-state index in [0.29, 0.717) is 0 Å². The molecule has 7 heteroatoms. The van der Waals surface area contributed by atoms with E-state index in [2.05, 4.69) is 5.32 Å². The molecule has 0 heterocycles. The highest BCUT2D eigenvalue weighted by atomic mass is 16.5. The Morgan fingerprint density at radius 3 is 2.55 bits per heavy atom. The van der Waals surface area contributed by atoms with Crippen molar-refractivity contribution in [3.8, 4) is 5.75 Å². The lowest BCUT2D eigenvalue weighted by molar-refractivity contribution is -0.142. The van der Waals surface area contributed by atoms with Crippen LogP contribution in [-0.4, -0.2) is 35.5 Å². The molecule has 0 saturated heterocycles. The first-order valence-electron chi connectivity index (χ1n) is 5.99. The molecule has 2 amide bonds. The average molecular weight is 280 g/mol. The van der Waals surface area contributed by atoms with Crippen LogP contribution in [0, 0.1) is 0 Å². The molecule has 0 radical (unpaired) electrons. The third-order valence-corrected chi connectivity index (χ3v) is 2.55. The Bertz CT molecular complexity index is 515. The van der Waals surface area contributed by atoms with Gasteiger partial charge in [-0.15, -0.1) is 0 Å². The van der Waals surface area contributed by atoms with Crippen molar-refractivity contribution < 1.29 is 24.2 Å². The lowest BCUT2D eigenvalue weighted by atomic mass is 10.2. The number of aliphatic carboxylic acids is 1. The van der Waals surface area contributed by atoms with Gasteiger partial charge in [0.1, 0.15) is 11.8 Å². The van der Waals surface area contributed by atoms with Crippen LogP contribution >= 0.6 is 0 Å². The number of rotatable bonds is 7. The van der Waals surface area contributed by atoms with Crippen LogP contribution in [0.3, 0.4) is 0 Å². The van der Waals surface area contributed by atoms with Gasteiger partial charge in [-0.05, 0) is 18.6 Å². The van der Waals surface area contributed by atoms with Gasteiger partial charge in [-0.25, -0.2) is 4.79 Å². The van der Waals surface area contributed by atoms with Gasteiger partial charge in [-0.1, -0.05) is 19.1 Å². The van der Waals surface area contributed by atoms with E-state index in [4.69, 9.17) is 15.6 Å². The number of carbonyl (C=O) groups excluding carboxylic acids is 2. The number of carboxylic acids is 1. The van der Waals surface area contributed by atoms with Crippen molar-refractivity contribution in [3.05, 3.63) is 29.8 Å². The number of benzene rings is 1. The molecule has 1 rings (SSSR count). The number of hydrogen-bond acceptors (Lipinski definition) is 4. The molecule has 1 atom stereocenters. The summed E-state index contributed by atoms with van der Waals surface area (Å²) >= 11 is 0. The molecule has 20 heavy (non-hydrogen) atoms. The molecule has 0 unspecified atom stereocenters. The Kier molecular flexibility index (Phi) is 5.52. The molecule has 0 fully saturated rings. The van der Waals surface area contributed by atoms with Gasteiger partial charge >= 0.3 is 5.97 Å². The summed E-state index contributed by atoms with van der Waals surface area (Å²) < 4.78 is 5.18. The fraction of sp³-hybridized carbons (Fsp3) is 0.308. The van der Waals surface area contributed by atoms with Crippen molar-refractivity contribution in [1.29, 1.82) is 0 Å². The minimum absolute atomic E-state index is 0.158. The number of amides is 2. The summed E-state index contributed by atoms with van der Waals surface area (Å²) in [7, 11) is 0. The van der Waals surface area contributed by atoms with E-state index < -0.39 is 30.4 Å². The second kappa shape index (κ2) is 7.13. The van der Waals surface area contributed by atoms with Crippen LogP contribution in [0.15, 0.2) is 24.3 Å². The van der Waals surface area contributed by atoms with Gasteiger partial charge in [-0.2, -0.15) is 0 Å². The molecule has 0 aromatic heterocycles. The maximum Gasteiger partial charge on any atom is 0.326 e. The molecule has 7 nitrogen and oxygen atoms in total. The minimum Gasteiger partial charge on any atom is -0.483 e. The number of ether oxygens (including phenoxy) is 1. The number of nitrogens with two attached hydrogens (primary N) is 1. The van der Waals surface area contributed by atoms with Crippen molar-refractivity contribution in [1.82, 2.24) is 5.32 Å². The van der Waals surface area contributed by atoms with E-state index in [0.717, 1.165) is 0 Å². The number of hydrogen-bond donors (Lipinski definition) is 3. The normalized spacial score (nSPS) is 11.4. The molecule has 0 saturated carbocycles. The fourth-order valence-electron chi connectivity index (χ4n) is 1.51. The molecule has 0 bridgehead atoms. The molecule has 0 aliphatic heterocycles. The van der Waals surface area contributed by atoms with Crippen molar-refractivity contribution in [2.45, 2.75) is 19.4 Å². The largest absolute Gasteiger partial charge is 0.483 e. The van der Waals surface area contributed by atoms with Gasteiger partial charge < -0.3 is 20.9 Å². The van der Waals surface area contributed by atoms with E-state index in [1.807, 2.05) is 0 Å². The first kappa shape index (κ1) is 15.5. The van der Waals surface area contributed by atoms with Crippen molar-refractivity contribution >= 4 is 17.8 Å². The van der Waals surface area contributed by atoms with Crippen molar-refractivity contribution in [2.75, 3.05) is 6.61 Å². The summed E-state index contributed by atoms with van der Waals surface area (Å²) in [5.74, 6) is -2.19. The van der Waals surface area contributed by atoms with Gasteiger partial charge in [0.05, 0.1) is 5.56 Å². The lowest BCUT2D eigenvalue weighted by Gasteiger charge is -2.13. The zero-order valence-corrected chi connectivity index (χ0v) is 11.0. The van der Waals surface area contributed by atoms with E-state index in [1.165, 1.54) is 12.1 Å². The second-order valence-electron chi connectivity index (χ2n) is 4.02. The average Bonchev–Trinajstić information content (AvgIpc) is 2.42. The van der Waals surface area contributed by atoms with Gasteiger partial charge in [0.2, 0.25) is 0 Å². The minimum atomic E-state index is -1.11. The Morgan fingerprint density at radius 2 is 2.00 bits per heavy atom. The summed E-state index contributed by atoms with van der Waals surface area (Å²) in [6.07, 6.45) is 0.263. The van der Waals surface area contributed by atoms with Crippen LogP contribution < -0.4 is 15.8 Å². The number of nitrogens with one attached hydrogen (secondary N) is 1. The Labute approximate surface area is 115 Å². The zero-order valence-electron chi connectivity index (χ0n) is 11.0. The second-order valence-corrected chi connectivity index (χ2v) is 4.02. The van der Waals surface area contributed by atoms with Crippen molar-refractivity contribution in [3.63, 3.8) is 0 Å². The molecule has 108 valence electrons. The predicted octanol–water partition coefficient (Wildman–Crippen LogP) is 0.144. The molecule has 0 aliphatic carbocycles. The third kappa shape index (κ3) is 4.27. The number of para-hydroxylation sites is 1. The summed E-state index contributed by atoms with van der Waals surface area (Å²) in [4.78, 5) is 33.5. The van der Waals surface area contributed by atoms with E-state index in [-0.39, 0.29) is 17.7 Å². The predicted molar refractivity (Wildman–Crippen MR) is 70.3 cm³/mol. The number of carboxylic acid groups (broad SMARTS) is 1. The number of carbonyl (C=O) groups is 3. The first-order chi connectivity index (χ1) is 9.45. The van der Waals surface area contributed by atoms with Gasteiger partial charge in [-0.3, -0.25) is 9.59 Å². The van der Waals surface area contributed by atoms with Crippen LogP contribution in [0.5, 0.6) is 5.75 Å². The molecular weight excluding hydrogens is 264 g/mol. The fourth-order valence-corrected chi connectivity index (χ4v) is 1.51. The monoisotopic (exact) mass is 280 g/mol. The van der Waals surface area contributed by atoms with Crippen LogP contribution in [-0.2, 0) is 9.59 Å². The van der Waals surface area contributed by atoms with Crippen LogP contribution in [0.2, 0.25) is 0 Å². The molecular formula is C13H16N2O5. The van der Waals surface area contributed by atoms with Gasteiger partial charge in [0.15, 0.2) is 6.61 Å². The number of primary amides is 1. The molecule has 1 aromatic carbocycles. The van der Waals surface area contributed by atoms with E-state index in [9.17, 15) is 14.4 Å². The zero-order chi connectivity index (χ0) is 15.1. The summed E-state index contributed by atoms with van der Waals surface area (Å²) in [5, 5.41) is 11.1. The summed E-state index contributed by atoms with van der Waals surface area (Å²) in [6.45, 7) is 1.25. The standard InChI is InChI=1S/C13H16N2O5/c1-2-9(13(18)19)15-11(16)7-20-10-6-4-3-5-8(10)12(14)17/h3-6,9H,2,7H2,1H3,(H2,14,17)(H,15,16)(H,18,19)/t9-/m0/s1. The van der Waals surface area contributed by atoms with Gasteiger partial charge in [0, 0.05) is 0 Å². The SMILES string of the molecule is CC[C@H](NC(=O)COc1ccccc1C(N)=O)C(=O)O. The van der Waals surface area contributed by atoms with Crippen molar-refractivity contribution in [2.24, 2.45) is 5.73 Å². The van der Waals surface area contributed by atoms with E-state index >= 15 is 0 Å². The Hall–Kier alpha value is -2.57. The first-order valence-corrected chi connectivity index (χ1v) is 5.99. The van der Waals surface area contributed by atoms with Crippen LogP contribution in [0.4, 0.5) is 0 Å². The quantitative estimate of drug-likeness (QED) is 0.656. The lowest BCUT2D eigenvalue weighted by Crippen LogP contribution is -2.42. The topological polar surface area (TPSA) is 119 Å². The molecule has 4 N–H and O–H groups in total. The molecule has 0 spiro atoms. The van der Waals surface area contributed by atoms with Crippen LogP contribution in [0.1, 0.15) is 23.7 Å². The summed E-state index contributed by atoms with van der Waals surface area (Å²) in [5.41, 5.74) is 5.32. The van der Waals surface area contributed by atoms with Gasteiger partial charge in [0.25, 0.3) is 11.8 Å². The molecule has 0 aliphatic rings. The molecule has 1 aromatic rings. The maximum atomic E-state index is 11.6. The van der Waals surface area contributed by atoms with Crippen LogP contribution in [0.25, 0.3) is 0 Å². The summed E-state index contributed by atoms with van der Waals surface area (Å²) in [6, 6.07) is 5.26. The van der Waals surface area contributed by atoms with E-state index in [1.54, 1.807) is 19.1 Å². The third-order valence-electron chi connectivity index (χ3n) is 2.55. The highest BCUT2D eigenvalue weighted by Crippen LogP contribution is 2.16. The Morgan fingerprint density at radius 1 is 1.35 bits per heavy atom. The highest BCUT2D eigenvalue weighted by molar-refractivity contribution is 5.95. The Balaban J connectivity index is 2.61. The smallest absolute Gasteiger partial charge is 0.326 e.